The first-order valence-electron chi connectivity index (χ1n) is 8.36. The first kappa shape index (κ1) is 19.7. The van der Waals surface area contributed by atoms with Crippen molar-refractivity contribution in [1.29, 1.82) is 0 Å². The monoisotopic (exact) mass is 456 g/mol. The van der Waals surface area contributed by atoms with Crippen LogP contribution in [0.2, 0.25) is 5.02 Å². The summed E-state index contributed by atoms with van der Waals surface area (Å²) in [6, 6.07) is 28.4. The lowest BCUT2D eigenvalue weighted by molar-refractivity contribution is 1.09. The minimum Gasteiger partial charge on any atom is -0.231 e. The molecule has 4 rings (SSSR count). The van der Waals surface area contributed by atoms with Crippen LogP contribution in [0.3, 0.4) is 0 Å². The molecule has 27 heavy (non-hydrogen) atoms. The van der Waals surface area contributed by atoms with Crippen molar-refractivity contribution in [3.05, 3.63) is 106 Å². The van der Waals surface area contributed by atoms with E-state index in [1.165, 1.54) is 4.91 Å². The third kappa shape index (κ3) is 4.29. The maximum atomic E-state index is 6.08. The highest BCUT2D eigenvalue weighted by Gasteiger charge is 2.24. The van der Waals surface area contributed by atoms with Gasteiger partial charge < -0.3 is 0 Å². The Labute approximate surface area is 179 Å². The van der Waals surface area contributed by atoms with Gasteiger partial charge in [-0.1, -0.05) is 84.0 Å². The molecule has 136 valence electrons. The molecule has 0 spiro atoms. The van der Waals surface area contributed by atoms with E-state index in [2.05, 4.69) is 31.2 Å². The Morgan fingerprint density at radius 3 is 2.00 bits per heavy atom. The standard InChI is InChI=1S/C22H17ClN2S.BrH/c1-16-21(17-12-14-19(23)15-13-17)25(20-10-6-3-7-11-20)24-22(26-16)18-8-4-2-5-9-18;/h2-15H,1H3;1H. The molecule has 0 fully saturated rings. The van der Waals surface area contributed by atoms with Gasteiger partial charge in [0, 0.05) is 21.1 Å². The van der Waals surface area contributed by atoms with E-state index in [0.717, 1.165) is 32.6 Å². The van der Waals surface area contributed by atoms with Crippen molar-refractivity contribution in [3.8, 4) is 0 Å². The molecule has 5 heteroatoms. The van der Waals surface area contributed by atoms with Crippen molar-refractivity contribution >= 4 is 56.8 Å². The molecule has 0 amide bonds. The summed E-state index contributed by atoms with van der Waals surface area (Å²) in [5.41, 5.74) is 4.33. The summed E-state index contributed by atoms with van der Waals surface area (Å²) in [4.78, 5) is 1.20. The summed E-state index contributed by atoms with van der Waals surface area (Å²) in [6.45, 7) is 2.14. The van der Waals surface area contributed by atoms with E-state index < -0.39 is 0 Å². The average Bonchev–Trinajstić information content (AvgIpc) is 2.70. The van der Waals surface area contributed by atoms with Crippen LogP contribution in [0.15, 0.2) is 94.9 Å². The number of allylic oxidation sites excluding steroid dienone is 1. The molecular formula is C22H18BrClN2S. The summed E-state index contributed by atoms with van der Waals surface area (Å²) < 4.78 is 0. The summed E-state index contributed by atoms with van der Waals surface area (Å²) >= 11 is 7.78. The van der Waals surface area contributed by atoms with Crippen LogP contribution in [0, 0.1) is 0 Å². The van der Waals surface area contributed by atoms with Crippen LogP contribution in [0.25, 0.3) is 5.70 Å². The molecule has 0 N–H and O–H groups in total. The smallest absolute Gasteiger partial charge is 0.129 e. The first-order chi connectivity index (χ1) is 12.7. The largest absolute Gasteiger partial charge is 0.231 e. The van der Waals surface area contributed by atoms with Gasteiger partial charge in [0.15, 0.2) is 0 Å². The summed E-state index contributed by atoms with van der Waals surface area (Å²) in [5.74, 6) is 0. The van der Waals surface area contributed by atoms with Gasteiger partial charge in [-0.15, -0.1) is 17.0 Å². The first-order valence-corrected chi connectivity index (χ1v) is 9.56. The second-order valence-corrected chi connectivity index (χ2v) is 7.57. The molecule has 0 atom stereocenters. The topological polar surface area (TPSA) is 15.6 Å². The number of halogens is 2. The molecule has 1 aliphatic heterocycles. The number of hydrazone groups is 1. The van der Waals surface area contributed by atoms with Gasteiger partial charge in [0.2, 0.25) is 0 Å². The molecule has 0 aromatic heterocycles. The average molecular weight is 458 g/mol. The highest BCUT2D eigenvalue weighted by atomic mass is 79.9. The fraction of sp³-hybridized carbons (Fsp3) is 0.0455. The van der Waals surface area contributed by atoms with Gasteiger partial charge in [0.25, 0.3) is 0 Å². The lowest BCUT2D eigenvalue weighted by atomic mass is 10.1. The Balaban J connectivity index is 0.00000210. The van der Waals surface area contributed by atoms with Gasteiger partial charge in [-0.25, -0.2) is 5.01 Å². The number of rotatable bonds is 3. The van der Waals surface area contributed by atoms with Crippen LogP contribution in [0.5, 0.6) is 0 Å². The Kier molecular flexibility index (Phi) is 6.42. The zero-order chi connectivity index (χ0) is 17.9. The van der Waals surface area contributed by atoms with Crippen molar-refractivity contribution in [3.63, 3.8) is 0 Å². The Morgan fingerprint density at radius 1 is 0.778 bits per heavy atom. The van der Waals surface area contributed by atoms with E-state index in [-0.39, 0.29) is 17.0 Å². The molecule has 0 unspecified atom stereocenters. The van der Waals surface area contributed by atoms with E-state index in [1.807, 2.05) is 65.7 Å². The highest BCUT2D eigenvalue weighted by molar-refractivity contribution is 8.93. The van der Waals surface area contributed by atoms with Crippen molar-refractivity contribution in [2.24, 2.45) is 5.10 Å². The van der Waals surface area contributed by atoms with Gasteiger partial charge in [-0.3, -0.25) is 0 Å². The highest BCUT2D eigenvalue weighted by Crippen LogP contribution is 2.39. The summed E-state index contributed by atoms with van der Waals surface area (Å²) in [5, 5.41) is 8.72. The van der Waals surface area contributed by atoms with E-state index in [0.29, 0.717) is 0 Å². The zero-order valence-electron chi connectivity index (χ0n) is 14.7. The molecule has 3 aromatic rings. The van der Waals surface area contributed by atoms with Gasteiger partial charge in [0.05, 0.1) is 11.4 Å². The van der Waals surface area contributed by atoms with Crippen molar-refractivity contribution in [1.82, 2.24) is 0 Å². The van der Waals surface area contributed by atoms with Crippen LogP contribution in [0.4, 0.5) is 5.69 Å². The number of hydrogen-bond acceptors (Lipinski definition) is 3. The Hall–Kier alpha value is -2.01. The molecule has 0 radical (unpaired) electrons. The van der Waals surface area contributed by atoms with Gasteiger partial charge >= 0.3 is 0 Å². The predicted octanol–water partition coefficient (Wildman–Crippen LogP) is 7.22. The number of anilines is 1. The Bertz CT molecular complexity index is 970. The lowest BCUT2D eigenvalue weighted by Gasteiger charge is -2.29. The summed E-state index contributed by atoms with van der Waals surface area (Å²) in [7, 11) is 0. The molecule has 3 aromatic carbocycles. The number of benzene rings is 3. The number of para-hydroxylation sites is 1. The number of thioether (sulfide) groups is 1. The molecule has 1 heterocycles. The fourth-order valence-corrected chi connectivity index (χ4v) is 3.98. The van der Waals surface area contributed by atoms with E-state index in [9.17, 15) is 0 Å². The van der Waals surface area contributed by atoms with Gasteiger partial charge in [-0.05, 0) is 31.2 Å². The van der Waals surface area contributed by atoms with Crippen LogP contribution >= 0.6 is 40.3 Å². The minimum atomic E-state index is 0. The SMILES string of the molecule is Br.CC1=C(c2ccc(Cl)cc2)N(c2ccccc2)N=C(c2ccccc2)S1. The van der Waals surface area contributed by atoms with E-state index in [1.54, 1.807) is 11.8 Å². The van der Waals surface area contributed by atoms with E-state index >= 15 is 0 Å². The zero-order valence-corrected chi connectivity index (χ0v) is 18.0. The second kappa shape index (κ2) is 8.79. The molecule has 2 nitrogen and oxygen atoms in total. The predicted molar refractivity (Wildman–Crippen MR) is 124 cm³/mol. The van der Waals surface area contributed by atoms with Crippen LogP contribution in [0.1, 0.15) is 18.1 Å². The van der Waals surface area contributed by atoms with Crippen molar-refractivity contribution in [2.45, 2.75) is 6.92 Å². The normalized spacial score (nSPS) is 13.9. The Morgan fingerprint density at radius 2 is 1.37 bits per heavy atom. The molecular weight excluding hydrogens is 440 g/mol. The van der Waals surface area contributed by atoms with Crippen molar-refractivity contribution < 1.29 is 0 Å². The van der Waals surface area contributed by atoms with Gasteiger partial charge in [-0.2, -0.15) is 5.10 Å². The molecule has 0 bridgehead atoms. The maximum Gasteiger partial charge on any atom is 0.129 e. The van der Waals surface area contributed by atoms with Crippen LogP contribution in [-0.4, -0.2) is 5.04 Å². The number of nitrogens with zero attached hydrogens (tertiary/aromatic N) is 2. The van der Waals surface area contributed by atoms with Crippen LogP contribution in [-0.2, 0) is 0 Å². The quantitative estimate of drug-likeness (QED) is 0.412. The minimum absolute atomic E-state index is 0. The maximum absolute atomic E-state index is 6.08. The fourth-order valence-electron chi connectivity index (χ4n) is 2.89. The molecule has 1 aliphatic rings. The van der Waals surface area contributed by atoms with Crippen LogP contribution < -0.4 is 5.01 Å². The van der Waals surface area contributed by atoms with E-state index in [4.69, 9.17) is 16.7 Å². The van der Waals surface area contributed by atoms with Gasteiger partial charge in [0.1, 0.15) is 5.04 Å². The lowest BCUT2D eigenvalue weighted by Crippen LogP contribution is -2.21. The third-order valence-corrected chi connectivity index (χ3v) is 5.39. The number of hydrogen-bond donors (Lipinski definition) is 0. The molecule has 0 aliphatic carbocycles. The van der Waals surface area contributed by atoms with Crippen molar-refractivity contribution in [2.75, 3.05) is 5.01 Å². The molecule has 0 saturated carbocycles. The third-order valence-electron chi connectivity index (χ3n) is 4.13. The molecule has 0 saturated heterocycles. The summed E-state index contributed by atoms with van der Waals surface area (Å²) in [6.07, 6.45) is 0. The second-order valence-electron chi connectivity index (χ2n) is 5.93.